The van der Waals surface area contributed by atoms with Gasteiger partial charge in [0, 0.05) is 12.1 Å². The van der Waals surface area contributed by atoms with E-state index < -0.39 is 0 Å². The lowest BCUT2D eigenvalue weighted by Gasteiger charge is -2.05. The molecular formula is C16H13Cl4N3O3. The number of nitrogens with zero attached hydrogens (tertiary/aromatic N) is 2. The Kier molecular flexibility index (Phi) is 9.78. The van der Waals surface area contributed by atoms with Gasteiger partial charge in [0.1, 0.15) is 24.2 Å². The number of halogens is 4. The van der Waals surface area contributed by atoms with E-state index in [4.69, 9.17) is 72.1 Å². The number of benzene rings is 2. The largest absolute Gasteiger partial charge is 0.486 e. The van der Waals surface area contributed by atoms with Crippen molar-refractivity contribution in [2.24, 2.45) is 10.9 Å². The molecule has 0 bridgehead atoms. The molecule has 0 aliphatic carbocycles. The zero-order chi connectivity index (χ0) is 19.5. The van der Waals surface area contributed by atoms with E-state index in [1.807, 2.05) is 6.07 Å². The van der Waals surface area contributed by atoms with Crippen LogP contribution in [-0.2, 0) is 0 Å². The van der Waals surface area contributed by atoms with Crippen LogP contribution in [0, 0.1) is 11.3 Å². The molecule has 0 atom stereocenters. The van der Waals surface area contributed by atoms with Crippen molar-refractivity contribution >= 4 is 52.2 Å². The summed E-state index contributed by atoms with van der Waals surface area (Å²) in [5, 5.41) is 21.0. The van der Waals surface area contributed by atoms with Crippen molar-refractivity contribution in [3.63, 3.8) is 0 Å². The van der Waals surface area contributed by atoms with Gasteiger partial charge in [0.15, 0.2) is 12.4 Å². The summed E-state index contributed by atoms with van der Waals surface area (Å²) in [6, 6.07) is 11.5. The smallest absolute Gasteiger partial charge is 0.177 e. The van der Waals surface area contributed by atoms with Gasteiger partial charge in [-0.15, -0.1) is 0 Å². The molecule has 0 saturated carbocycles. The highest BCUT2D eigenvalue weighted by Crippen LogP contribution is 2.26. The van der Waals surface area contributed by atoms with Crippen LogP contribution in [0.1, 0.15) is 0 Å². The molecule has 0 saturated heterocycles. The third-order valence-corrected chi connectivity index (χ3v) is 4.08. The first-order chi connectivity index (χ1) is 12.4. The van der Waals surface area contributed by atoms with Crippen molar-refractivity contribution in [1.82, 2.24) is 0 Å². The molecule has 6 nitrogen and oxygen atoms in total. The van der Waals surface area contributed by atoms with Crippen molar-refractivity contribution in [1.29, 1.82) is 5.26 Å². The minimum absolute atomic E-state index is 0.00549. The van der Waals surface area contributed by atoms with Crippen LogP contribution < -0.4 is 15.2 Å². The van der Waals surface area contributed by atoms with E-state index in [1.165, 1.54) is 0 Å². The van der Waals surface area contributed by atoms with Crippen LogP contribution in [-0.4, -0.2) is 24.3 Å². The van der Waals surface area contributed by atoms with Gasteiger partial charge in [0.2, 0.25) is 0 Å². The lowest BCUT2D eigenvalue weighted by Crippen LogP contribution is -2.20. The zero-order valence-electron chi connectivity index (χ0n) is 13.1. The van der Waals surface area contributed by atoms with Gasteiger partial charge in [-0.25, -0.2) is 0 Å². The second-order valence-electron chi connectivity index (χ2n) is 4.48. The summed E-state index contributed by atoms with van der Waals surface area (Å²) in [6.07, 6.45) is 0. The van der Waals surface area contributed by atoms with Gasteiger partial charge in [-0.3, -0.25) is 0 Å². The highest BCUT2D eigenvalue weighted by atomic mass is 35.5. The summed E-state index contributed by atoms with van der Waals surface area (Å²) < 4.78 is 10.1. The molecule has 0 amide bonds. The van der Waals surface area contributed by atoms with Crippen LogP contribution in [0.4, 0.5) is 0 Å². The van der Waals surface area contributed by atoms with Crippen LogP contribution >= 0.6 is 46.4 Å². The Bertz CT molecular complexity index is 810. The zero-order valence-corrected chi connectivity index (χ0v) is 16.1. The maximum absolute atomic E-state index is 8.25. The monoisotopic (exact) mass is 435 g/mol. The van der Waals surface area contributed by atoms with Crippen LogP contribution in [0.25, 0.3) is 0 Å². The molecule has 3 N–H and O–H groups in total. The van der Waals surface area contributed by atoms with Gasteiger partial charge in [-0.1, -0.05) is 51.6 Å². The first kappa shape index (κ1) is 22.0. The van der Waals surface area contributed by atoms with E-state index in [0.29, 0.717) is 31.6 Å². The molecule has 0 radical (unpaired) electrons. The molecule has 10 heteroatoms. The van der Waals surface area contributed by atoms with Gasteiger partial charge in [-0.2, -0.15) is 5.26 Å². The topological polar surface area (TPSA) is 101 Å². The fraction of sp³-hybridized carbons (Fsp3) is 0.125. The molecule has 26 heavy (non-hydrogen) atoms. The third kappa shape index (κ3) is 7.89. The van der Waals surface area contributed by atoms with Crippen LogP contribution in [0.5, 0.6) is 11.5 Å². The Morgan fingerprint density at radius 2 is 1.46 bits per heavy atom. The van der Waals surface area contributed by atoms with Crippen molar-refractivity contribution < 1.29 is 14.7 Å². The van der Waals surface area contributed by atoms with Gasteiger partial charge in [0.05, 0.1) is 20.1 Å². The SMILES string of the molecule is N#CCOc1ccc(Cl)c(Cl)c1.NC(COc1ccc(Cl)c(Cl)c1)=NO. The number of hydrogen-bond acceptors (Lipinski definition) is 5. The summed E-state index contributed by atoms with van der Waals surface area (Å²) in [4.78, 5) is 0. The first-order valence-electron chi connectivity index (χ1n) is 6.86. The van der Waals surface area contributed by atoms with Crippen LogP contribution in [0.3, 0.4) is 0 Å². The fourth-order valence-electron chi connectivity index (χ4n) is 1.44. The Hall–Kier alpha value is -2.04. The standard InChI is InChI=1S/C8H8Cl2N2O2.C8H5Cl2NO/c9-6-2-1-5(3-7(6)10)14-4-8(11)12-13;9-7-2-1-6(5-8(7)10)12-4-3-11/h1-3,13H,4H2,(H2,11,12);1-2,5H,4H2. The summed E-state index contributed by atoms with van der Waals surface area (Å²) in [6.45, 7) is 0.00637. The average Bonchev–Trinajstić information content (AvgIpc) is 2.64. The van der Waals surface area contributed by atoms with Gasteiger partial charge >= 0.3 is 0 Å². The second-order valence-corrected chi connectivity index (χ2v) is 6.11. The number of rotatable bonds is 5. The molecule has 0 fully saturated rings. The number of oxime groups is 1. The third-order valence-electron chi connectivity index (χ3n) is 2.60. The lowest BCUT2D eigenvalue weighted by molar-refractivity contribution is 0.306. The van der Waals surface area contributed by atoms with E-state index in [-0.39, 0.29) is 19.0 Å². The number of nitrogens with two attached hydrogens (primary N) is 1. The minimum Gasteiger partial charge on any atom is -0.486 e. The lowest BCUT2D eigenvalue weighted by atomic mass is 10.3. The van der Waals surface area contributed by atoms with Gasteiger partial charge in [0.25, 0.3) is 0 Å². The quantitative estimate of drug-likeness (QED) is 0.296. The van der Waals surface area contributed by atoms with E-state index >= 15 is 0 Å². The van der Waals surface area contributed by atoms with Gasteiger partial charge < -0.3 is 20.4 Å². The van der Waals surface area contributed by atoms with E-state index in [1.54, 1.807) is 36.4 Å². The van der Waals surface area contributed by atoms with E-state index in [0.717, 1.165) is 0 Å². The summed E-state index contributed by atoms with van der Waals surface area (Å²) in [7, 11) is 0. The fourth-order valence-corrected chi connectivity index (χ4v) is 2.01. The van der Waals surface area contributed by atoms with Gasteiger partial charge in [-0.05, 0) is 24.3 Å². The number of hydrogen-bond donors (Lipinski definition) is 2. The molecule has 0 spiro atoms. The number of ether oxygens (including phenoxy) is 2. The Labute approximate surface area is 170 Å². The average molecular weight is 437 g/mol. The van der Waals surface area contributed by atoms with Crippen molar-refractivity contribution in [2.75, 3.05) is 13.2 Å². The number of nitriles is 1. The highest BCUT2D eigenvalue weighted by molar-refractivity contribution is 6.42. The molecule has 138 valence electrons. The predicted octanol–water partition coefficient (Wildman–Crippen LogP) is 5.01. The first-order valence-corrected chi connectivity index (χ1v) is 8.37. The maximum Gasteiger partial charge on any atom is 0.177 e. The summed E-state index contributed by atoms with van der Waals surface area (Å²) >= 11 is 22.8. The predicted molar refractivity (Wildman–Crippen MR) is 103 cm³/mol. The molecule has 0 aliphatic heterocycles. The van der Waals surface area contributed by atoms with Crippen molar-refractivity contribution in [3.05, 3.63) is 56.5 Å². The van der Waals surface area contributed by atoms with E-state index in [2.05, 4.69) is 5.16 Å². The second kappa shape index (κ2) is 11.6. The Morgan fingerprint density at radius 1 is 0.962 bits per heavy atom. The molecule has 2 rings (SSSR count). The van der Waals surface area contributed by atoms with E-state index in [9.17, 15) is 0 Å². The molecular weight excluding hydrogens is 424 g/mol. The van der Waals surface area contributed by atoms with Crippen molar-refractivity contribution in [2.45, 2.75) is 0 Å². The minimum atomic E-state index is -0.0175. The molecule has 0 heterocycles. The Balaban J connectivity index is 0.000000263. The highest BCUT2D eigenvalue weighted by Gasteiger charge is 2.01. The summed E-state index contributed by atoms with van der Waals surface area (Å²) in [5.74, 6) is 1.04. The number of amidine groups is 1. The summed E-state index contributed by atoms with van der Waals surface area (Å²) in [5.41, 5.74) is 5.20. The molecule has 0 unspecified atom stereocenters. The molecule has 0 aliphatic rings. The normalized spacial score (nSPS) is 10.3. The molecule has 2 aromatic rings. The van der Waals surface area contributed by atoms with Crippen LogP contribution in [0.15, 0.2) is 41.6 Å². The Morgan fingerprint density at radius 3 is 1.88 bits per heavy atom. The molecule has 0 aromatic heterocycles. The van der Waals surface area contributed by atoms with Crippen LogP contribution in [0.2, 0.25) is 20.1 Å². The molecule has 2 aromatic carbocycles. The maximum atomic E-state index is 8.25. The van der Waals surface area contributed by atoms with Crippen molar-refractivity contribution in [3.8, 4) is 17.6 Å².